The maximum atomic E-state index is 13.6. The lowest BCUT2D eigenvalue weighted by Gasteiger charge is -2.12. The fourth-order valence-corrected chi connectivity index (χ4v) is 2.86. The predicted molar refractivity (Wildman–Crippen MR) is 70.2 cm³/mol. The van der Waals surface area contributed by atoms with E-state index in [0.29, 0.717) is 12.1 Å². The van der Waals surface area contributed by atoms with Gasteiger partial charge in [0, 0.05) is 11.6 Å². The summed E-state index contributed by atoms with van der Waals surface area (Å²) in [6.07, 6.45) is -4.61. The third kappa shape index (κ3) is 5.26. The van der Waals surface area contributed by atoms with Crippen LogP contribution in [0.2, 0.25) is 0 Å². The Bertz CT molecular complexity index is 657. The van der Waals surface area contributed by atoms with E-state index in [2.05, 4.69) is 4.72 Å². The fraction of sp³-hybridized carbons (Fsp3) is 0.417. The van der Waals surface area contributed by atoms with Gasteiger partial charge in [-0.3, -0.25) is 4.79 Å². The number of halogens is 4. The van der Waals surface area contributed by atoms with Gasteiger partial charge in [0.2, 0.25) is 10.0 Å². The molecule has 1 aromatic rings. The summed E-state index contributed by atoms with van der Waals surface area (Å²) in [5, 5.41) is 1.58. The molecule has 124 valence electrons. The van der Waals surface area contributed by atoms with Crippen molar-refractivity contribution in [2.75, 3.05) is 6.54 Å². The largest absolute Gasteiger partial charge is 0.405 e. The molecule has 2 N–H and O–H groups in total. The number of nitrogens with one attached hydrogen (secondary N) is 2. The molecule has 22 heavy (non-hydrogen) atoms. The van der Waals surface area contributed by atoms with E-state index in [-0.39, 0.29) is 0 Å². The maximum absolute atomic E-state index is 13.6. The van der Waals surface area contributed by atoms with Gasteiger partial charge in [-0.15, -0.1) is 0 Å². The van der Waals surface area contributed by atoms with Crippen molar-refractivity contribution in [2.45, 2.75) is 31.0 Å². The van der Waals surface area contributed by atoms with Gasteiger partial charge in [-0.2, -0.15) is 13.2 Å². The number of rotatable bonds is 5. The highest BCUT2D eigenvalue weighted by molar-refractivity contribution is 7.89. The van der Waals surface area contributed by atoms with Gasteiger partial charge >= 0.3 is 6.18 Å². The van der Waals surface area contributed by atoms with E-state index in [1.807, 2.05) is 0 Å². The lowest BCUT2D eigenvalue weighted by molar-refractivity contribution is -0.123. The molecular weight excluding hydrogens is 328 g/mol. The SMILES string of the molecule is CC(C)NS(=O)(=O)c1cc(C(=O)NCC(F)(F)F)ccc1F. The number of sulfonamides is 1. The molecule has 0 aliphatic heterocycles. The Morgan fingerprint density at radius 3 is 2.36 bits per heavy atom. The second kappa shape index (κ2) is 6.61. The summed E-state index contributed by atoms with van der Waals surface area (Å²) in [7, 11) is -4.22. The zero-order valence-electron chi connectivity index (χ0n) is 11.7. The number of hydrogen-bond acceptors (Lipinski definition) is 3. The van der Waals surface area contributed by atoms with Crippen LogP contribution in [0.3, 0.4) is 0 Å². The molecule has 0 aliphatic rings. The van der Waals surface area contributed by atoms with Crippen molar-refractivity contribution in [3.05, 3.63) is 29.6 Å². The summed E-state index contributed by atoms with van der Waals surface area (Å²) >= 11 is 0. The Morgan fingerprint density at radius 1 is 1.27 bits per heavy atom. The van der Waals surface area contributed by atoms with Gasteiger partial charge in [0.15, 0.2) is 0 Å². The quantitative estimate of drug-likeness (QED) is 0.802. The van der Waals surface area contributed by atoms with Crippen LogP contribution in [-0.2, 0) is 10.0 Å². The van der Waals surface area contributed by atoms with Crippen LogP contribution in [0.5, 0.6) is 0 Å². The number of benzene rings is 1. The molecule has 0 radical (unpaired) electrons. The van der Waals surface area contributed by atoms with E-state index in [9.17, 15) is 30.8 Å². The molecule has 0 heterocycles. The van der Waals surface area contributed by atoms with Crippen molar-refractivity contribution < 1.29 is 30.8 Å². The molecule has 0 bridgehead atoms. The monoisotopic (exact) mass is 342 g/mol. The second-order valence-corrected chi connectivity index (χ2v) is 6.40. The van der Waals surface area contributed by atoms with Crippen molar-refractivity contribution >= 4 is 15.9 Å². The van der Waals surface area contributed by atoms with Crippen LogP contribution in [0.15, 0.2) is 23.1 Å². The molecular formula is C12H14F4N2O3S. The van der Waals surface area contributed by atoms with E-state index in [4.69, 9.17) is 0 Å². The molecule has 1 amide bonds. The molecule has 1 aromatic carbocycles. The van der Waals surface area contributed by atoms with E-state index in [0.717, 1.165) is 6.07 Å². The molecule has 0 aliphatic carbocycles. The van der Waals surface area contributed by atoms with Crippen molar-refractivity contribution in [1.82, 2.24) is 10.0 Å². The molecule has 0 atom stereocenters. The Balaban J connectivity index is 3.07. The molecule has 0 saturated heterocycles. The molecule has 0 saturated carbocycles. The van der Waals surface area contributed by atoms with Crippen LogP contribution in [0.4, 0.5) is 17.6 Å². The van der Waals surface area contributed by atoms with Crippen LogP contribution < -0.4 is 10.0 Å². The topological polar surface area (TPSA) is 75.3 Å². The lowest BCUT2D eigenvalue weighted by Crippen LogP contribution is -2.34. The summed E-state index contributed by atoms with van der Waals surface area (Å²) in [5.41, 5.74) is -0.394. The van der Waals surface area contributed by atoms with Gasteiger partial charge in [-0.05, 0) is 32.0 Å². The molecule has 5 nitrogen and oxygen atoms in total. The molecule has 0 aromatic heterocycles. The van der Waals surface area contributed by atoms with E-state index in [1.165, 1.54) is 13.8 Å². The van der Waals surface area contributed by atoms with Crippen LogP contribution in [0.25, 0.3) is 0 Å². The van der Waals surface area contributed by atoms with Gasteiger partial charge in [-0.1, -0.05) is 0 Å². The highest BCUT2D eigenvalue weighted by atomic mass is 32.2. The smallest absolute Gasteiger partial charge is 0.343 e. The van der Waals surface area contributed by atoms with Gasteiger partial charge in [0.25, 0.3) is 5.91 Å². The number of hydrogen-bond donors (Lipinski definition) is 2. The minimum Gasteiger partial charge on any atom is -0.343 e. The molecule has 10 heteroatoms. The van der Waals surface area contributed by atoms with Crippen LogP contribution >= 0.6 is 0 Å². The average molecular weight is 342 g/mol. The lowest BCUT2D eigenvalue weighted by atomic mass is 10.2. The van der Waals surface area contributed by atoms with E-state index >= 15 is 0 Å². The predicted octanol–water partition coefficient (Wildman–Crippen LogP) is 1.80. The highest BCUT2D eigenvalue weighted by Gasteiger charge is 2.28. The van der Waals surface area contributed by atoms with Crippen LogP contribution in [0, 0.1) is 5.82 Å². The number of alkyl halides is 3. The van der Waals surface area contributed by atoms with Gasteiger partial charge in [0.05, 0.1) is 0 Å². The summed E-state index contributed by atoms with van der Waals surface area (Å²) in [6.45, 7) is 1.44. The summed E-state index contributed by atoms with van der Waals surface area (Å²) < 4.78 is 75.6. The second-order valence-electron chi connectivity index (χ2n) is 4.72. The first-order valence-corrected chi connectivity index (χ1v) is 7.57. The van der Waals surface area contributed by atoms with Crippen molar-refractivity contribution in [1.29, 1.82) is 0 Å². The number of carbonyl (C=O) groups is 1. The Hall–Kier alpha value is -1.68. The maximum Gasteiger partial charge on any atom is 0.405 e. The van der Waals surface area contributed by atoms with E-state index in [1.54, 1.807) is 5.32 Å². The first-order valence-electron chi connectivity index (χ1n) is 6.09. The van der Waals surface area contributed by atoms with E-state index < -0.39 is 51.0 Å². The van der Waals surface area contributed by atoms with Crippen LogP contribution in [-0.4, -0.2) is 33.1 Å². The van der Waals surface area contributed by atoms with Crippen molar-refractivity contribution in [3.63, 3.8) is 0 Å². The molecule has 1 rings (SSSR count). The van der Waals surface area contributed by atoms with Crippen molar-refractivity contribution in [3.8, 4) is 0 Å². The summed E-state index contributed by atoms with van der Waals surface area (Å²) in [4.78, 5) is 10.8. The summed E-state index contributed by atoms with van der Waals surface area (Å²) in [5.74, 6) is -2.26. The Kier molecular flexibility index (Phi) is 5.52. The number of amides is 1. The zero-order chi connectivity index (χ0) is 17.1. The summed E-state index contributed by atoms with van der Waals surface area (Å²) in [6, 6.07) is 1.77. The minimum absolute atomic E-state index is 0.394. The van der Waals surface area contributed by atoms with Crippen molar-refractivity contribution in [2.24, 2.45) is 0 Å². The first kappa shape index (κ1) is 18.4. The zero-order valence-corrected chi connectivity index (χ0v) is 12.5. The Labute approximate surface area is 124 Å². The number of carbonyl (C=O) groups excluding carboxylic acids is 1. The first-order chi connectivity index (χ1) is 9.92. The average Bonchev–Trinajstić information content (AvgIpc) is 2.33. The minimum atomic E-state index is -4.61. The molecule has 0 unspecified atom stereocenters. The third-order valence-electron chi connectivity index (χ3n) is 2.32. The van der Waals surface area contributed by atoms with Gasteiger partial charge < -0.3 is 5.32 Å². The Morgan fingerprint density at radius 2 is 1.86 bits per heavy atom. The highest BCUT2D eigenvalue weighted by Crippen LogP contribution is 2.18. The van der Waals surface area contributed by atoms with Crippen LogP contribution in [0.1, 0.15) is 24.2 Å². The normalized spacial score (nSPS) is 12.5. The molecule has 0 spiro atoms. The van der Waals surface area contributed by atoms with Gasteiger partial charge in [-0.25, -0.2) is 17.5 Å². The fourth-order valence-electron chi connectivity index (χ4n) is 1.51. The standard InChI is InChI=1S/C12H14F4N2O3S/c1-7(2)18-22(20,21)10-5-8(3-4-9(10)13)11(19)17-6-12(14,15)16/h3-5,7,18H,6H2,1-2H3,(H,17,19). The molecule has 0 fully saturated rings. The third-order valence-corrected chi connectivity index (χ3v) is 4.00. The van der Waals surface area contributed by atoms with Gasteiger partial charge in [0.1, 0.15) is 17.3 Å².